The second kappa shape index (κ2) is 9.31. The number of rotatable bonds is 7. The topological polar surface area (TPSA) is 49.0 Å². The molecule has 1 N–H and O–H groups in total. The summed E-state index contributed by atoms with van der Waals surface area (Å²) in [5.74, 6) is 3.17. The van der Waals surface area contributed by atoms with Gasteiger partial charge in [-0.3, -0.25) is 0 Å². The van der Waals surface area contributed by atoms with Crippen molar-refractivity contribution in [2.45, 2.75) is 26.0 Å². The lowest BCUT2D eigenvalue weighted by atomic mass is 9.88. The molecule has 0 spiro atoms. The first-order valence-electron chi connectivity index (χ1n) is 10.5. The van der Waals surface area contributed by atoms with Crippen LogP contribution in [0, 0.1) is 6.92 Å². The van der Waals surface area contributed by atoms with E-state index in [0.717, 1.165) is 52.7 Å². The van der Waals surface area contributed by atoms with Crippen molar-refractivity contribution in [1.29, 1.82) is 0 Å². The summed E-state index contributed by atoms with van der Waals surface area (Å²) in [5.41, 5.74) is 5.61. The van der Waals surface area contributed by atoms with Gasteiger partial charge in [0, 0.05) is 12.1 Å². The summed E-state index contributed by atoms with van der Waals surface area (Å²) in [6.45, 7) is 3.37. The smallest absolute Gasteiger partial charge is 0.162 e. The summed E-state index contributed by atoms with van der Waals surface area (Å²) in [4.78, 5) is 0. The van der Waals surface area contributed by atoms with E-state index in [2.05, 4.69) is 35.6 Å². The predicted molar refractivity (Wildman–Crippen MR) is 122 cm³/mol. The highest BCUT2D eigenvalue weighted by atomic mass is 16.5. The zero-order valence-corrected chi connectivity index (χ0v) is 18.5. The van der Waals surface area contributed by atoms with Gasteiger partial charge in [-0.1, -0.05) is 30.3 Å². The van der Waals surface area contributed by atoms with Gasteiger partial charge < -0.3 is 24.3 Å². The quantitative estimate of drug-likeness (QED) is 0.594. The number of hydrogen-bond donors (Lipinski definition) is 1. The van der Waals surface area contributed by atoms with Crippen LogP contribution in [-0.2, 0) is 13.0 Å². The van der Waals surface area contributed by atoms with Gasteiger partial charge in [-0.2, -0.15) is 0 Å². The van der Waals surface area contributed by atoms with Gasteiger partial charge in [-0.15, -0.1) is 0 Å². The van der Waals surface area contributed by atoms with Crippen LogP contribution in [0.25, 0.3) is 0 Å². The average Bonchev–Trinajstić information content (AvgIpc) is 2.82. The molecular weight excluding hydrogens is 390 g/mol. The number of methoxy groups -OCH3 is 3. The molecule has 0 saturated heterocycles. The van der Waals surface area contributed by atoms with E-state index in [4.69, 9.17) is 18.9 Å². The van der Waals surface area contributed by atoms with Gasteiger partial charge in [0.25, 0.3) is 0 Å². The molecule has 0 fully saturated rings. The van der Waals surface area contributed by atoms with Crippen LogP contribution in [0.1, 0.15) is 33.9 Å². The van der Waals surface area contributed by atoms with Crippen molar-refractivity contribution in [3.63, 3.8) is 0 Å². The van der Waals surface area contributed by atoms with Crippen LogP contribution in [0.15, 0.2) is 54.6 Å². The SMILES string of the molecule is COc1cc(C2NCCc3cc(OC)c(OCc4ccccc4)cc32)c(OC)cc1C. The minimum Gasteiger partial charge on any atom is -0.496 e. The Morgan fingerprint density at radius 1 is 0.806 bits per heavy atom. The average molecular weight is 420 g/mol. The molecule has 31 heavy (non-hydrogen) atoms. The third kappa shape index (κ3) is 4.32. The fourth-order valence-corrected chi connectivity index (χ4v) is 4.15. The van der Waals surface area contributed by atoms with Crippen molar-refractivity contribution in [3.05, 3.63) is 82.4 Å². The first-order chi connectivity index (χ1) is 15.1. The molecule has 3 aromatic rings. The normalized spacial score (nSPS) is 15.2. The van der Waals surface area contributed by atoms with Gasteiger partial charge in [0.15, 0.2) is 11.5 Å². The third-order valence-electron chi connectivity index (χ3n) is 5.77. The maximum absolute atomic E-state index is 6.18. The lowest BCUT2D eigenvalue weighted by molar-refractivity contribution is 0.283. The van der Waals surface area contributed by atoms with Gasteiger partial charge in [0.05, 0.1) is 27.4 Å². The summed E-state index contributed by atoms with van der Waals surface area (Å²) in [6, 6.07) is 18.4. The molecule has 0 bridgehead atoms. The molecule has 0 radical (unpaired) electrons. The van der Waals surface area contributed by atoms with Crippen molar-refractivity contribution < 1.29 is 18.9 Å². The fourth-order valence-electron chi connectivity index (χ4n) is 4.15. The van der Waals surface area contributed by atoms with Crippen LogP contribution >= 0.6 is 0 Å². The second-order valence-corrected chi connectivity index (χ2v) is 7.68. The first-order valence-corrected chi connectivity index (χ1v) is 10.5. The number of benzene rings is 3. The van der Waals surface area contributed by atoms with Gasteiger partial charge in [-0.05, 0) is 59.9 Å². The fraction of sp³-hybridized carbons (Fsp3) is 0.308. The standard InChI is InChI=1S/C26H29NO4/c1-17-12-23(29-3)21(15-22(17)28-2)26-20-14-25(31-16-18-8-6-5-7-9-18)24(30-4)13-19(20)10-11-27-26/h5-9,12-15,26-27H,10-11,16H2,1-4H3. The lowest BCUT2D eigenvalue weighted by Gasteiger charge is -2.30. The van der Waals surface area contributed by atoms with Crippen molar-refractivity contribution in [3.8, 4) is 23.0 Å². The highest BCUT2D eigenvalue weighted by Gasteiger charge is 2.27. The molecule has 0 amide bonds. The molecule has 1 aliphatic heterocycles. The number of fused-ring (bicyclic) bond motifs is 1. The highest BCUT2D eigenvalue weighted by molar-refractivity contribution is 5.55. The summed E-state index contributed by atoms with van der Waals surface area (Å²) in [7, 11) is 5.08. The molecule has 4 rings (SSSR count). The second-order valence-electron chi connectivity index (χ2n) is 7.68. The summed E-state index contributed by atoms with van der Waals surface area (Å²) in [5, 5.41) is 3.64. The zero-order chi connectivity index (χ0) is 21.8. The molecule has 1 atom stereocenters. The Bertz CT molecular complexity index is 1050. The monoisotopic (exact) mass is 419 g/mol. The molecule has 5 nitrogen and oxygen atoms in total. The van der Waals surface area contributed by atoms with E-state index < -0.39 is 0 Å². The van der Waals surface area contributed by atoms with Crippen molar-refractivity contribution in [1.82, 2.24) is 5.32 Å². The number of nitrogens with one attached hydrogen (secondary N) is 1. The van der Waals surface area contributed by atoms with Crippen LogP contribution in [-0.4, -0.2) is 27.9 Å². The summed E-state index contributed by atoms with van der Waals surface area (Å²) < 4.78 is 23.1. The van der Waals surface area contributed by atoms with E-state index >= 15 is 0 Å². The van der Waals surface area contributed by atoms with E-state index in [9.17, 15) is 0 Å². The minimum atomic E-state index is -0.0295. The third-order valence-corrected chi connectivity index (χ3v) is 5.77. The van der Waals surface area contributed by atoms with E-state index in [1.165, 1.54) is 11.1 Å². The largest absolute Gasteiger partial charge is 0.496 e. The molecule has 0 aliphatic carbocycles. The Morgan fingerprint density at radius 2 is 1.52 bits per heavy atom. The van der Waals surface area contributed by atoms with Crippen LogP contribution in [0.3, 0.4) is 0 Å². The highest BCUT2D eigenvalue weighted by Crippen LogP contribution is 2.41. The molecule has 0 aromatic heterocycles. The van der Waals surface area contributed by atoms with Crippen LogP contribution < -0.4 is 24.3 Å². The van der Waals surface area contributed by atoms with Crippen molar-refractivity contribution >= 4 is 0 Å². The summed E-state index contributed by atoms with van der Waals surface area (Å²) >= 11 is 0. The number of hydrogen-bond acceptors (Lipinski definition) is 5. The van der Waals surface area contributed by atoms with E-state index in [1.807, 2.05) is 31.2 Å². The van der Waals surface area contributed by atoms with E-state index in [-0.39, 0.29) is 6.04 Å². The van der Waals surface area contributed by atoms with Gasteiger partial charge in [0.2, 0.25) is 0 Å². The Balaban J connectivity index is 1.74. The minimum absolute atomic E-state index is 0.0295. The Hall–Kier alpha value is -3.18. The molecule has 1 unspecified atom stereocenters. The van der Waals surface area contributed by atoms with E-state index in [1.54, 1.807) is 21.3 Å². The molecule has 162 valence electrons. The molecule has 1 aliphatic rings. The molecule has 3 aromatic carbocycles. The molecule has 5 heteroatoms. The molecular formula is C26H29NO4. The Kier molecular flexibility index (Phi) is 6.33. The lowest BCUT2D eigenvalue weighted by Crippen LogP contribution is -2.31. The maximum Gasteiger partial charge on any atom is 0.162 e. The van der Waals surface area contributed by atoms with Crippen LogP contribution in [0.4, 0.5) is 0 Å². The zero-order valence-electron chi connectivity index (χ0n) is 18.5. The predicted octanol–water partition coefficient (Wildman–Crippen LogP) is 4.83. The van der Waals surface area contributed by atoms with Crippen molar-refractivity contribution in [2.75, 3.05) is 27.9 Å². The van der Waals surface area contributed by atoms with Gasteiger partial charge in [0.1, 0.15) is 18.1 Å². The van der Waals surface area contributed by atoms with Crippen LogP contribution in [0.2, 0.25) is 0 Å². The van der Waals surface area contributed by atoms with Crippen LogP contribution in [0.5, 0.6) is 23.0 Å². The summed E-state index contributed by atoms with van der Waals surface area (Å²) in [6.07, 6.45) is 0.923. The number of ether oxygens (including phenoxy) is 4. The van der Waals surface area contributed by atoms with E-state index in [0.29, 0.717) is 6.61 Å². The molecule has 0 saturated carbocycles. The maximum atomic E-state index is 6.18. The number of aryl methyl sites for hydroxylation is 1. The van der Waals surface area contributed by atoms with Gasteiger partial charge in [-0.25, -0.2) is 0 Å². The Morgan fingerprint density at radius 3 is 2.23 bits per heavy atom. The van der Waals surface area contributed by atoms with Gasteiger partial charge >= 0.3 is 0 Å². The first kappa shape index (κ1) is 21.1. The molecule has 1 heterocycles. The Labute approximate surface area is 183 Å². The van der Waals surface area contributed by atoms with Crippen molar-refractivity contribution in [2.24, 2.45) is 0 Å².